The summed E-state index contributed by atoms with van der Waals surface area (Å²) >= 11 is 11.6. The van der Waals surface area contributed by atoms with E-state index in [9.17, 15) is 19.5 Å². The minimum Gasteiger partial charge on any atom is -0.478 e. The molecule has 3 rings (SSSR count). The van der Waals surface area contributed by atoms with Gasteiger partial charge in [0.25, 0.3) is 0 Å². The lowest BCUT2D eigenvalue weighted by Gasteiger charge is -2.11. The summed E-state index contributed by atoms with van der Waals surface area (Å²) in [5.41, 5.74) is -0.00704. The zero-order valence-corrected chi connectivity index (χ0v) is 17.1. The third-order valence-corrected chi connectivity index (χ3v) is 4.23. The number of halogens is 2. The van der Waals surface area contributed by atoms with E-state index in [2.05, 4.69) is 10.6 Å². The summed E-state index contributed by atoms with van der Waals surface area (Å²) in [6, 6.07) is 15.9. The van der Waals surface area contributed by atoms with E-state index in [0.717, 1.165) is 0 Å². The molecule has 0 atom stereocenters. The molecule has 8 nitrogen and oxygen atoms in total. The van der Waals surface area contributed by atoms with Gasteiger partial charge >= 0.3 is 18.2 Å². The summed E-state index contributed by atoms with van der Waals surface area (Å²) in [4.78, 5) is 35.6. The maximum absolute atomic E-state index is 12.1. The number of ether oxygens (including phenoxy) is 2. The molecule has 0 heterocycles. The zero-order valence-electron chi connectivity index (χ0n) is 15.6. The highest BCUT2D eigenvalue weighted by atomic mass is 35.5. The summed E-state index contributed by atoms with van der Waals surface area (Å²) in [7, 11) is 0. The highest BCUT2D eigenvalue weighted by molar-refractivity contribution is 6.30. The highest BCUT2D eigenvalue weighted by Gasteiger charge is 2.13. The fourth-order valence-electron chi connectivity index (χ4n) is 2.40. The van der Waals surface area contributed by atoms with Crippen LogP contribution in [-0.4, -0.2) is 23.3 Å². The summed E-state index contributed by atoms with van der Waals surface area (Å²) in [5.74, 6) is -0.786. The molecule has 31 heavy (non-hydrogen) atoms. The Balaban J connectivity index is 1.71. The first kappa shape index (κ1) is 21.9. The van der Waals surface area contributed by atoms with Gasteiger partial charge in [0.1, 0.15) is 11.5 Å². The molecule has 10 heteroatoms. The van der Waals surface area contributed by atoms with Crippen molar-refractivity contribution in [3.63, 3.8) is 0 Å². The number of carbonyl (C=O) groups excluding carboxylic acids is 2. The van der Waals surface area contributed by atoms with Crippen LogP contribution < -0.4 is 20.1 Å². The summed E-state index contributed by atoms with van der Waals surface area (Å²) in [5, 5.41) is 15.1. The predicted molar refractivity (Wildman–Crippen MR) is 116 cm³/mol. The Morgan fingerprint density at radius 1 is 0.677 bits per heavy atom. The average molecular weight is 461 g/mol. The topological polar surface area (TPSA) is 114 Å². The largest absolute Gasteiger partial charge is 0.478 e. The first-order valence-electron chi connectivity index (χ1n) is 8.66. The van der Waals surface area contributed by atoms with Crippen molar-refractivity contribution in [3.8, 4) is 11.5 Å². The van der Waals surface area contributed by atoms with Crippen molar-refractivity contribution in [3.05, 3.63) is 82.3 Å². The van der Waals surface area contributed by atoms with Gasteiger partial charge in [-0.25, -0.2) is 14.4 Å². The van der Waals surface area contributed by atoms with Crippen LogP contribution in [-0.2, 0) is 0 Å². The van der Waals surface area contributed by atoms with E-state index < -0.39 is 18.2 Å². The Morgan fingerprint density at radius 2 is 1.06 bits per heavy atom. The van der Waals surface area contributed by atoms with Gasteiger partial charge in [0.05, 0.1) is 5.56 Å². The van der Waals surface area contributed by atoms with E-state index in [4.69, 9.17) is 32.7 Å². The number of nitrogens with one attached hydrogen (secondary N) is 2. The molecule has 0 saturated heterocycles. The maximum Gasteiger partial charge on any atom is 0.417 e. The number of hydrogen-bond acceptors (Lipinski definition) is 5. The van der Waals surface area contributed by atoms with Gasteiger partial charge in [-0.3, -0.25) is 10.6 Å². The lowest BCUT2D eigenvalue weighted by atomic mass is 10.1. The number of carbonyl (C=O) groups is 3. The van der Waals surface area contributed by atoms with Gasteiger partial charge in [-0.15, -0.1) is 0 Å². The molecule has 158 valence electrons. The second kappa shape index (κ2) is 9.84. The molecule has 0 fully saturated rings. The van der Waals surface area contributed by atoms with Gasteiger partial charge < -0.3 is 14.6 Å². The van der Waals surface area contributed by atoms with Crippen LogP contribution in [0.4, 0.5) is 21.0 Å². The molecule has 3 aromatic carbocycles. The molecule has 0 bridgehead atoms. The lowest BCUT2D eigenvalue weighted by molar-refractivity contribution is 0.0696. The van der Waals surface area contributed by atoms with Gasteiger partial charge in [-0.05, 0) is 66.7 Å². The molecular formula is C21H14Cl2N2O6. The Labute approximate surface area is 186 Å². The van der Waals surface area contributed by atoms with Crippen molar-refractivity contribution >= 4 is 52.7 Å². The number of benzene rings is 3. The van der Waals surface area contributed by atoms with E-state index in [0.29, 0.717) is 10.0 Å². The fraction of sp³-hybridized carbons (Fsp3) is 0. The van der Waals surface area contributed by atoms with Crippen LogP contribution in [0.25, 0.3) is 0 Å². The van der Waals surface area contributed by atoms with Gasteiger partial charge in [0, 0.05) is 21.4 Å². The summed E-state index contributed by atoms with van der Waals surface area (Å²) < 4.78 is 10.2. The second-order valence-corrected chi connectivity index (χ2v) is 6.91. The smallest absolute Gasteiger partial charge is 0.417 e. The molecule has 0 unspecified atom stereocenters. The number of carboxylic acids is 1. The van der Waals surface area contributed by atoms with Crippen LogP contribution in [0.5, 0.6) is 11.5 Å². The zero-order chi connectivity index (χ0) is 22.4. The first-order chi connectivity index (χ1) is 14.8. The van der Waals surface area contributed by atoms with Crippen molar-refractivity contribution in [1.29, 1.82) is 0 Å². The highest BCUT2D eigenvalue weighted by Crippen LogP contribution is 2.22. The number of carboxylic acid groups (broad SMARTS) is 1. The summed E-state index contributed by atoms with van der Waals surface area (Å²) in [6.07, 6.45) is -1.72. The Hall–Kier alpha value is -3.75. The average Bonchev–Trinajstić information content (AvgIpc) is 2.71. The molecule has 0 aliphatic rings. The van der Waals surface area contributed by atoms with Crippen LogP contribution >= 0.6 is 23.2 Å². The van der Waals surface area contributed by atoms with Crippen LogP contribution in [0.1, 0.15) is 10.4 Å². The molecule has 0 aliphatic heterocycles. The van der Waals surface area contributed by atoms with Gasteiger partial charge in [-0.2, -0.15) is 0 Å². The Kier molecular flexibility index (Phi) is 6.96. The standard InChI is InChI=1S/C21H14Cl2N2O6/c22-13-1-5-17(6-2-13)30-20(28)24-15-9-12(19(26)27)10-16(11-15)25-21(29)31-18-7-3-14(23)4-8-18/h1-11H,(H,24,28)(H,25,29)(H,26,27). The molecular weight excluding hydrogens is 447 g/mol. The van der Waals surface area contributed by atoms with Crippen molar-refractivity contribution in [2.75, 3.05) is 10.6 Å². The van der Waals surface area contributed by atoms with Crippen LogP contribution in [0.2, 0.25) is 10.0 Å². The normalized spacial score (nSPS) is 10.1. The lowest BCUT2D eigenvalue weighted by Crippen LogP contribution is -2.19. The number of hydrogen-bond donors (Lipinski definition) is 3. The Bertz CT molecular complexity index is 1040. The van der Waals surface area contributed by atoms with Crippen LogP contribution in [0.15, 0.2) is 66.7 Å². The van der Waals surface area contributed by atoms with Crippen molar-refractivity contribution in [1.82, 2.24) is 0 Å². The number of rotatable bonds is 5. The van der Waals surface area contributed by atoms with Crippen LogP contribution in [0.3, 0.4) is 0 Å². The monoisotopic (exact) mass is 460 g/mol. The number of aromatic carboxylic acids is 1. The van der Waals surface area contributed by atoms with Gasteiger partial charge in [0.2, 0.25) is 0 Å². The molecule has 2 amide bonds. The number of anilines is 2. The van der Waals surface area contributed by atoms with Gasteiger partial charge in [-0.1, -0.05) is 23.2 Å². The molecule has 3 N–H and O–H groups in total. The molecule has 0 radical (unpaired) electrons. The van der Waals surface area contributed by atoms with E-state index in [1.165, 1.54) is 42.5 Å². The van der Waals surface area contributed by atoms with Crippen molar-refractivity contribution in [2.24, 2.45) is 0 Å². The Morgan fingerprint density at radius 3 is 1.42 bits per heavy atom. The van der Waals surface area contributed by atoms with E-state index >= 15 is 0 Å². The van der Waals surface area contributed by atoms with E-state index in [-0.39, 0.29) is 28.4 Å². The first-order valence-corrected chi connectivity index (χ1v) is 9.41. The van der Waals surface area contributed by atoms with Crippen molar-refractivity contribution in [2.45, 2.75) is 0 Å². The minimum absolute atomic E-state index is 0.0839. The van der Waals surface area contributed by atoms with Crippen LogP contribution in [0, 0.1) is 0 Å². The minimum atomic E-state index is -1.26. The molecule has 3 aromatic rings. The third kappa shape index (κ3) is 6.63. The molecule has 0 saturated carbocycles. The summed E-state index contributed by atoms with van der Waals surface area (Å²) in [6.45, 7) is 0. The maximum atomic E-state index is 12.1. The third-order valence-electron chi connectivity index (χ3n) is 3.72. The van der Waals surface area contributed by atoms with E-state index in [1.54, 1.807) is 24.3 Å². The second-order valence-electron chi connectivity index (χ2n) is 6.04. The molecule has 0 aromatic heterocycles. The van der Waals surface area contributed by atoms with Gasteiger partial charge in [0.15, 0.2) is 0 Å². The number of amides is 2. The van der Waals surface area contributed by atoms with E-state index in [1.807, 2.05) is 0 Å². The van der Waals surface area contributed by atoms with Crippen molar-refractivity contribution < 1.29 is 29.0 Å². The molecule has 0 aliphatic carbocycles. The fourth-order valence-corrected chi connectivity index (χ4v) is 2.65. The predicted octanol–water partition coefficient (Wildman–Crippen LogP) is 5.91. The molecule has 0 spiro atoms. The quantitative estimate of drug-likeness (QED) is 0.435. The SMILES string of the molecule is O=C(Nc1cc(NC(=O)Oc2ccc(Cl)cc2)cc(C(=O)O)c1)Oc1ccc(Cl)cc1.